The van der Waals surface area contributed by atoms with Crippen LogP contribution in [0.4, 0.5) is 0 Å². The van der Waals surface area contributed by atoms with Gasteiger partial charge in [-0.05, 0) is 56.4 Å². The fourth-order valence-corrected chi connectivity index (χ4v) is 3.30. The van der Waals surface area contributed by atoms with Crippen LogP contribution in [0.2, 0.25) is 0 Å². The number of carbonyl (C=O) groups excluding carboxylic acids is 3. The van der Waals surface area contributed by atoms with Crippen LogP contribution in [-0.4, -0.2) is 38.1 Å². The van der Waals surface area contributed by atoms with Gasteiger partial charge in [0.15, 0.2) is 11.5 Å². The number of esters is 2. The van der Waals surface area contributed by atoms with Crippen LogP contribution >= 0.6 is 0 Å². The number of ether oxygens (including phenoxy) is 3. The Morgan fingerprint density at radius 2 is 1.82 bits per heavy atom. The Balaban J connectivity index is 1.92. The molecule has 28 heavy (non-hydrogen) atoms. The summed E-state index contributed by atoms with van der Waals surface area (Å²) in [6.07, 6.45) is 5.95. The lowest BCUT2D eigenvalue weighted by Crippen LogP contribution is -2.42. The third-order valence-corrected chi connectivity index (χ3v) is 4.98. The average molecular weight is 389 g/mol. The van der Waals surface area contributed by atoms with Crippen molar-refractivity contribution >= 4 is 23.9 Å². The monoisotopic (exact) mass is 389 g/mol. The van der Waals surface area contributed by atoms with Crippen LogP contribution in [0.1, 0.15) is 45.1 Å². The van der Waals surface area contributed by atoms with E-state index in [4.69, 9.17) is 14.2 Å². The topological polar surface area (TPSA) is 90.9 Å². The van der Waals surface area contributed by atoms with Crippen LogP contribution in [0.25, 0.3) is 6.08 Å². The Morgan fingerprint density at radius 1 is 1.14 bits per heavy atom. The summed E-state index contributed by atoms with van der Waals surface area (Å²) in [7, 11) is 2.88. The normalized spacial score (nSPS) is 21.8. The first-order valence-electron chi connectivity index (χ1n) is 9.21. The molecule has 152 valence electrons. The smallest absolute Gasteiger partial charge is 0.311 e. The number of benzene rings is 1. The minimum Gasteiger partial charge on any atom is -0.493 e. The molecule has 0 atom stereocenters. The van der Waals surface area contributed by atoms with Crippen molar-refractivity contribution in [2.45, 2.75) is 45.6 Å². The summed E-state index contributed by atoms with van der Waals surface area (Å²) >= 11 is 0. The predicted octanol–water partition coefficient (Wildman–Crippen LogP) is 2.87. The van der Waals surface area contributed by atoms with Crippen molar-refractivity contribution in [1.29, 1.82) is 0 Å². The second-order valence-corrected chi connectivity index (χ2v) is 7.17. The SMILES string of the molecule is COC(=O)C1(C)CCC(NC(=O)C=Cc2ccc(OC(C)=O)c(OC)c2)CC1. The molecular formula is C21H27NO6. The van der Waals surface area contributed by atoms with Gasteiger partial charge in [0, 0.05) is 19.0 Å². The minimum atomic E-state index is -0.466. The van der Waals surface area contributed by atoms with Gasteiger partial charge in [0.1, 0.15) is 0 Å². The molecule has 0 radical (unpaired) electrons. The largest absolute Gasteiger partial charge is 0.493 e. The highest BCUT2D eigenvalue weighted by Crippen LogP contribution is 2.37. The molecule has 0 aromatic heterocycles. The van der Waals surface area contributed by atoms with E-state index in [-0.39, 0.29) is 17.9 Å². The minimum absolute atomic E-state index is 0.0377. The molecule has 1 aromatic rings. The van der Waals surface area contributed by atoms with E-state index in [1.807, 2.05) is 6.92 Å². The number of methoxy groups -OCH3 is 2. The van der Waals surface area contributed by atoms with Crippen molar-refractivity contribution in [2.75, 3.05) is 14.2 Å². The van der Waals surface area contributed by atoms with E-state index in [2.05, 4.69) is 5.32 Å². The van der Waals surface area contributed by atoms with Crippen molar-refractivity contribution in [3.63, 3.8) is 0 Å². The lowest BCUT2D eigenvalue weighted by molar-refractivity contribution is -0.153. The van der Waals surface area contributed by atoms with Crippen LogP contribution in [-0.2, 0) is 19.1 Å². The summed E-state index contributed by atoms with van der Waals surface area (Å²) in [5, 5.41) is 2.97. The van der Waals surface area contributed by atoms with Crippen molar-refractivity contribution in [1.82, 2.24) is 5.32 Å². The van der Waals surface area contributed by atoms with Crippen LogP contribution in [0.15, 0.2) is 24.3 Å². The quantitative estimate of drug-likeness (QED) is 0.457. The van der Waals surface area contributed by atoms with Gasteiger partial charge in [-0.2, -0.15) is 0 Å². The molecule has 1 amide bonds. The second-order valence-electron chi connectivity index (χ2n) is 7.17. The van der Waals surface area contributed by atoms with E-state index in [0.29, 0.717) is 24.3 Å². The van der Waals surface area contributed by atoms with Crippen molar-refractivity contribution in [3.05, 3.63) is 29.8 Å². The fraction of sp³-hybridized carbons (Fsp3) is 0.476. The van der Waals surface area contributed by atoms with Crippen LogP contribution in [0, 0.1) is 5.41 Å². The molecule has 1 aliphatic rings. The van der Waals surface area contributed by atoms with E-state index < -0.39 is 11.4 Å². The van der Waals surface area contributed by atoms with Crippen molar-refractivity contribution in [3.8, 4) is 11.5 Å². The van der Waals surface area contributed by atoms with Gasteiger partial charge in [0.05, 0.1) is 19.6 Å². The Labute approximate surface area is 165 Å². The first-order chi connectivity index (χ1) is 13.3. The zero-order valence-electron chi connectivity index (χ0n) is 16.7. The summed E-state index contributed by atoms with van der Waals surface area (Å²) in [4.78, 5) is 35.2. The van der Waals surface area contributed by atoms with Gasteiger partial charge < -0.3 is 19.5 Å². The van der Waals surface area contributed by atoms with Crippen LogP contribution < -0.4 is 14.8 Å². The highest BCUT2D eigenvalue weighted by atomic mass is 16.6. The molecule has 0 bridgehead atoms. The Bertz CT molecular complexity index is 762. The predicted molar refractivity (Wildman–Crippen MR) is 104 cm³/mol. The molecule has 1 N–H and O–H groups in total. The third-order valence-electron chi connectivity index (χ3n) is 4.98. The van der Waals surface area contributed by atoms with Gasteiger partial charge in [-0.25, -0.2) is 0 Å². The Kier molecular flexibility index (Phi) is 7.20. The lowest BCUT2D eigenvalue weighted by atomic mass is 9.74. The molecular weight excluding hydrogens is 362 g/mol. The van der Waals surface area contributed by atoms with E-state index in [9.17, 15) is 14.4 Å². The molecule has 7 nitrogen and oxygen atoms in total. The van der Waals surface area contributed by atoms with Gasteiger partial charge >= 0.3 is 11.9 Å². The Hall–Kier alpha value is -2.83. The summed E-state index contributed by atoms with van der Waals surface area (Å²) in [6, 6.07) is 5.07. The zero-order valence-corrected chi connectivity index (χ0v) is 16.7. The number of amides is 1. The fourth-order valence-electron chi connectivity index (χ4n) is 3.30. The Morgan fingerprint density at radius 3 is 2.39 bits per heavy atom. The van der Waals surface area contributed by atoms with Crippen LogP contribution in [0.5, 0.6) is 11.5 Å². The molecule has 0 unspecified atom stereocenters. The number of rotatable bonds is 6. The number of nitrogens with one attached hydrogen (secondary N) is 1. The van der Waals surface area contributed by atoms with Crippen molar-refractivity contribution in [2.24, 2.45) is 5.41 Å². The zero-order chi connectivity index (χ0) is 20.7. The molecule has 1 saturated carbocycles. The molecule has 0 aliphatic heterocycles. The molecule has 0 saturated heterocycles. The van der Waals surface area contributed by atoms with E-state index >= 15 is 0 Å². The molecule has 0 heterocycles. The molecule has 2 rings (SSSR count). The number of carbonyl (C=O) groups is 3. The molecule has 0 spiro atoms. The molecule has 1 aliphatic carbocycles. The number of hydrogen-bond donors (Lipinski definition) is 1. The highest BCUT2D eigenvalue weighted by molar-refractivity contribution is 5.92. The van der Waals surface area contributed by atoms with E-state index in [0.717, 1.165) is 18.4 Å². The van der Waals surface area contributed by atoms with E-state index in [1.165, 1.54) is 27.2 Å². The van der Waals surface area contributed by atoms with Gasteiger partial charge in [0.2, 0.25) is 5.91 Å². The third kappa shape index (κ3) is 5.58. The highest BCUT2D eigenvalue weighted by Gasteiger charge is 2.38. The second kappa shape index (κ2) is 9.39. The van der Waals surface area contributed by atoms with E-state index in [1.54, 1.807) is 24.3 Å². The van der Waals surface area contributed by atoms with Crippen molar-refractivity contribution < 1.29 is 28.6 Å². The van der Waals surface area contributed by atoms with Gasteiger partial charge in [-0.3, -0.25) is 14.4 Å². The van der Waals surface area contributed by atoms with Gasteiger partial charge in [-0.1, -0.05) is 6.07 Å². The summed E-state index contributed by atoms with van der Waals surface area (Å²) in [6.45, 7) is 3.22. The maximum Gasteiger partial charge on any atom is 0.311 e. The summed E-state index contributed by atoms with van der Waals surface area (Å²) in [5.41, 5.74) is 0.274. The lowest BCUT2D eigenvalue weighted by Gasteiger charge is -2.35. The number of hydrogen-bond acceptors (Lipinski definition) is 6. The van der Waals surface area contributed by atoms with Gasteiger partial charge in [-0.15, -0.1) is 0 Å². The van der Waals surface area contributed by atoms with Crippen LogP contribution in [0.3, 0.4) is 0 Å². The molecule has 1 fully saturated rings. The van der Waals surface area contributed by atoms with Gasteiger partial charge in [0.25, 0.3) is 0 Å². The summed E-state index contributed by atoms with van der Waals surface area (Å²) < 4.78 is 15.1. The first kappa shape index (κ1) is 21.5. The standard InChI is InChI=1S/C21H27NO6/c1-14(23)28-17-7-5-15(13-18(17)26-3)6-8-19(24)22-16-9-11-21(2,12-10-16)20(25)27-4/h5-8,13,16H,9-12H2,1-4H3,(H,22,24). The molecule has 1 aromatic carbocycles. The summed E-state index contributed by atoms with van der Waals surface area (Å²) in [5.74, 6) is -0.0886. The maximum absolute atomic E-state index is 12.2. The average Bonchev–Trinajstić information content (AvgIpc) is 2.68. The maximum atomic E-state index is 12.2. The molecule has 7 heteroatoms. The first-order valence-corrected chi connectivity index (χ1v) is 9.21.